The monoisotopic (exact) mass is 657 g/mol. The molecule has 2 atom stereocenters. The molecular weight excluding hydrogens is 617 g/mol. The Morgan fingerprint density at radius 2 is 1.68 bits per heavy atom. The molecule has 10 heteroatoms. The number of aromatic nitrogens is 2. The lowest BCUT2D eigenvalue weighted by Gasteiger charge is -2.42. The van der Waals surface area contributed by atoms with E-state index in [0.29, 0.717) is 47.1 Å². The third-order valence-electron chi connectivity index (χ3n) is 10.6. The number of carbonyl (C=O) groups is 1. The van der Waals surface area contributed by atoms with Crippen LogP contribution >= 0.6 is 11.6 Å². The lowest BCUT2D eigenvalue weighted by atomic mass is 9.95. The van der Waals surface area contributed by atoms with Crippen LogP contribution in [0.25, 0.3) is 32.8 Å². The molecule has 2 bridgehead atoms. The van der Waals surface area contributed by atoms with E-state index in [2.05, 4.69) is 9.80 Å². The molecule has 4 aliphatic rings. The molecule has 4 aliphatic heterocycles. The van der Waals surface area contributed by atoms with Gasteiger partial charge >= 0.3 is 12.1 Å². The zero-order valence-electron chi connectivity index (χ0n) is 27.3. The van der Waals surface area contributed by atoms with E-state index >= 15 is 4.39 Å². The van der Waals surface area contributed by atoms with Crippen LogP contribution in [-0.2, 0) is 4.74 Å². The summed E-state index contributed by atoms with van der Waals surface area (Å²) >= 11 is 6.67. The second-order valence-corrected chi connectivity index (χ2v) is 15.1. The van der Waals surface area contributed by atoms with Gasteiger partial charge in [-0.25, -0.2) is 9.18 Å². The first-order valence-electron chi connectivity index (χ1n) is 16.9. The molecule has 2 unspecified atom stereocenters. The van der Waals surface area contributed by atoms with Gasteiger partial charge in [0.05, 0.1) is 17.6 Å². The number of halogens is 2. The minimum absolute atomic E-state index is 0.00325. The Hall–Kier alpha value is -3.69. The van der Waals surface area contributed by atoms with E-state index < -0.39 is 11.4 Å². The van der Waals surface area contributed by atoms with Crippen LogP contribution in [0.5, 0.6) is 6.01 Å². The normalized spacial score (nSPS) is 22.3. The van der Waals surface area contributed by atoms with E-state index in [1.807, 2.05) is 74.2 Å². The minimum atomic E-state index is -0.569. The molecule has 3 aromatic carbocycles. The maximum absolute atomic E-state index is 16.9. The second kappa shape index (κ2) is 11.5. The molecule has 0 radical (unpaired) electrons. The number of anilines is 1. The van der Waals surface area contributed by atoms with Crippen molar-refractivity contribution in [3.05, 3.63) is 59.4 Å². The van der Waals surface area contributed by atoms with Gasteiger partial charge < -0.3 is 14.4 Å². The van der Waals surface area contributed by atoms with Gasteiger partial charge in [0, 0.05) is 34.4 Å². The quantitative estimate of drug-likeness (QED) is 0.217. The van der Waals surface area contributed by atoms with Crippen LogP contribution in [0.15, 0.2) is 48.5 Å². The molecule has 246 valence electrons. The predicted octanol–water partition coefficient (Wildman–Crippen LogP) is 7.84. The van der Waals surface area contributed by atoms with Gasteiger partial charge in [-0.05, 0) is 95.5 Å². The van der Waals surface area contributed by atoms with Gasteiger partial charge in [0.2, 0.25) is 0 Å². The summed E-state index contributed by atoms with van der Waals surface area (Å²) in [5.41, 5.74) is 0.792. The van der Waals surface area contributed by atoms with E-state index in [4.69, 9.17) is 31.0 Å². The first-order valence-corrected chi connectivity index (χ1v) is 17.3. The van der Waals surface area contributed by atoms with Crippen molar-refractivity contribution in [1.29, 1.82) is 0 Å². The Bertz CT molecular complexity index is 1850. The first kappa shape index (κ1) is 30.6. The van der Waals surface area contributed by atoms with Crippen LogP contribution in [0.4, 0.5) is 15.0 Å². The number of nitrogens with zero attached hydrogens (tertiary/aromatic N) is 5. The molecule has 8 nitrogen and oxygen atoms in total. The van der Waals surface area contributed by atoms with Crippen molar-refractivity contribution in [3.63, 3.8) is 0 Å². The Kier molecular flexibility index (Phi) is 7.48. The highest BCUT2D eigenvalue weighted by Crippen LogP contribution is 2.42. The largest absolute Gasteiger partial charge is 0.461 e. The highest BCUT2D eigenvalue weighted by Gasteiger charge is 2.46. The van der Waals surface area contributed by atoms with E-state index in [0.717, 1.165) is 62.4 Å². The Balaban J connectivity index is 1.20. The molecule has 5 heterocycles. The van der Waals surface area contributed by atoms with Gasteiger partial charge in [-0.3, -0.25) is 9.80 Å². The van der Waals surface area contributed by atoms with Gasteiger partial charge in [-0.15, -0.1) is 0 Å². The summed E-state index contributed by atoms with van der Waals surface area (Å²) in [4.78, 5) is 29.6. The van der Waals surface area contributed by atoms with E-state index in [-0.39, 0.29) is 35.2 Å². The van der Waals surface area contributed by atoms with Gasteiger partial charge in [0.25, 0.3) is 0 Å². The Morgan fingerprint density at radius 1 is 0.979 bits per heavy atom. The van der Waals surface area contributed by atoms with Crippen LogP contribution in [0, 0.1) is 5.82 Å². The third kappa shape index (κ3) is 5.35. The minimum Gasteiger partial charge on any atom is -0.461 e. The third-order valence-corrected chi connectivity index (χ3v) is 10.9. The van der Waals surface area contributed by atoms with Gasteiger partial charge in [0.1, 0.15) is 23.5 Å². The van der Waals surface area contributed by atoms with Gasteiger partial charge in [-0.1, -0.05) is 48.0 Å². The standard InChI is InChI=1S/C37H41ClFN5O3/c1-36(2,3)47-35(45)44-24-12-13-25(44)21-42(20-24)33-28-15-14-27(26-10-4-8-23-9-5-11-29(38)30(23)26)31(39)32(28)40-34(41-33)46-22-37-16-6-18-43(37)19-7-17-37/h4-5,8-11,14-15,24-25H,6-7,12-13,16-22H2,1-3H3. The molecule has 0 aliphatic carbocycles. The zero-order valence-corrected chi connectivity index (χ0v) is 28.0. The number of piperazine rings is 1. The highest BCUT2D eigenvalue weighted by atomic mass is 35.5. The van der Waals surface area contributed by atoms with Gasteiger partial charge in [-0.2, -0.15) is 9.97 Å². The molecule has 0 N–H and O–H groups in total. The molecule has 8 rings (SSSR count). The summed E-state index contributed by atoms with van der Waals surface area (Å²) in [5.74, 6) is 0.208. The van der Waals surface area contributed by atoms with Crippen LogP contribution in [-0.4, -0.2) is 81.9 Å². The average Bonchev–Trinajstić information content (AvgIpc) is 3.70. The molecule has 0 spiro atoms. The summed E-state index contributed by atoms with van der Waals surface area (Å²) in [6.07, 6.45) is 5.97. The molecule has 4 saturated heterocycles. The number of rotatable bonds is 5. The second-order valence-electron chi connectivity index (χ2n) is 14.7. The van der Waals surface area contributed by atoms with Crippen molar-refractivity contribution in [2.75, 3.05) is 37.7 Å². The van der Waals surface area contributed by atoms with Crippen LogP contribution in [0.2, 0.25) is 5.02 Å². The summed E-state index contributed by atoms with van der Waals surface area (Å²) < 4.78 is 29.1. The van der Waals surface area contributed by atoms with Crippen molar-refractivity contribution < 1.29 is 18.7 Å². The number of carbonyl (C=O) groups excluding carboxylic acids is 1. The number of hydrogen-bond donors (Lipinski definition) is 0. The molecule has 1 aromatic heterocycles. The number of hydrogen-bond acceptors (Lipinski definition) is 7. The lowest BCUT2D eigenvalue weighted by Crippen LogP contribution is -2.57. The highest BCUT2D eigenvalue weighted by molar-refractivity contribution is 6.36. The van der Waals surface area contributed by atoms with Crippen molar-refractivity contribution in [2.45, 2.75) is 82.5 Å². The van der Waals surface area contributed by atoms with Crippen LogP contribution < -0.4 is 9.64 Å². The predicted molar refractivity (Wildman–Crippen MR) is 183 cm³/mol. The van der Waals surface area contributed by atoms with E-state index in [1.54, 1.807) is 0 Å². The number of ether oxygens (including phenoxy) is 2. The topological polar surface area (TPSA) is 71.0 Å². The summed E-state index contributed by atoms with van der Waals surface area (Å²) in [6, 6.07) is 15.4. The van der Waals surface area contributed by atoms with Crippen LogP contribution in [0.1, 0.15) is 59.3 Å². The van der Waals surface area contributed by atoms with E-state index in [1.165, 1.54) is 0 Å². The molecule has 4 fully saturated rings. The number of amides is 1. The van der Waals surface area contributed by atoms with Crippen LogP contribution in [0.3, 0.4) is 0 Å². The fourth-order valence-electron chi connectivity index (χ4n) is 8.51. The molecule has 4 aromatic rings. The number of fused-ring (bicyclic) bond motifs is 5. The lowest BCUT2D eigenvalue weighted by molar-refractivity contribution is 0.0122. The number of benzene rings is 3. The smallest absolute Gasteiger partial charge is 0.410 e. The molecule has 0 saturated carbocycles. The van der Waals surface area contributed by atoms with Crippen molar-refractivity contribution in [1.82, 2.24) is 19.8 Å². The Morgan fingerprint density at radius 3 is 2.38 bits per heavy atom. The maximum atomic E-state index is 16.9. The van der Waals surface area contributed by atoms with Crippen molar-refractivity contribution in [3.8, 4) is 17.1 Å². The zero-order chi connectivity index (χ0) is 32.5. The van der Waals surface area contributed by atoms with E-state index in [9.17, 15) is 4.79 Å². The summed E-state index contributed by atoms with van der Waals surface area (Å²) in [5, 5.41) is 2.94. The summed E-state index contributed by atoms with van der Waals surface area (Å²) in [7, 11) is 0. The molecule has 47 heavy (non-hydrogen) atoms. The van der Waals surface area contributed by atoms with Crippen molar-refractivity contribution in [2.24, 2.45) is 0 Å². The maximum Gasteiger partial charge on any atom is 0.410 e. The molecule has 1 amide bonds. The average molecular weight is 658 g/mol. The van der Waals surface area contributed by atoms with Crippen molar-refractivity contribution >= 4 is 45.2 Å². The van der Waals surface area contributed by atoms with Gasteiger partial charge in [0.15, 0.2) is 5.82 Å². The fraction of sp³-hybridized carbons (Fsp3) is 0.486. The SMILES string of the molecule is CC(C)(C)OC(=O)N1C2CCC1CN(c1nc(OCC34CCCN3CCC4)nc3c(F)c(-c4cccc5cccc(Cl)c45)ccc13)C2. The summed E-state index contributed by atoms with van der Waals surface area (Å²) in [6.45, 7) is 9.47. The Labute approximate surface area is 279 Å². The first-order chi connectivity index (χ1) is 22.6. The molecular formula is C37H41ClFN5O3. The fourth-order valence-corrected chi connectivity index (χ4v) is 8.79.